The second kappa shape index (κ2) is 3.62. The lowest BCUT2D eigenvalue weighted by Crippen LogP contribution is -2.29. The Morgan fingerprint density at radius 2 is 2.33 bits per heavy atom. The van der Waals surface area contributed by atoms with Crippen LogP contribution < -0.4 is 11.2 Å². The average molecular weight is 186 g/mol. The van der Waals surface area contributed by atoms with E-state index in [1.165, 1.54) is 16.8 Å². The summed E-state index contributed by atoms with van der Waals surface area (Å²) in [7, 11) is 0. The van der Waals surface area contributed by atoms with Crippen LogP contribution in [-0.2, 0) is 0 Å². The standard InChI is InChI=1S/C7H10N2O2S/c1-2-6(12)9-4-3-5(10)8-7(9)11/h3-4,6,12H,2H2,1H3,(H,8,10,11). The molecule has 1 aromatic heterocycles. The number of aromatic nitrogens is 2. The Morgan fingerprint density at radius 3 is 2.83 bits per heavy atom. The van der Waals surface area contributed by atoms with Crippen molar-refractivity contribution in [1.82, 2.24) is 9.55 Å². The summed E-state index contributed by atoms with van der Waals surface area (Å²) in [6.45, 7) is 1.91. The van der Waals surface area contributed by atoms with Gasteiger partial charge in [-0.15, -0.1) is 0 Å². The van der Waals surface area contributed by atoms with E-state index in [4.69, 9.17) is 0 Å². The van der Waals surface area contributed by atoms with Crippen LogP contribution in [0.1, 0.15) is 18.7 Å². The molecule has 5 heteroatoms. The molecule has 1 atom stereocenters. The zero-order valence-corrected chi connectivity index (χ0v) is 7.54. The minimum atomic E-state index is -0.413. The lowest BCUT2D eigenvalue weighted by molar-refractivity contribution is 0.618. The molecule has 0 bridgehead atoms. The van der Waals surface area contributed by atoms with E-state index in [1.807, 2.05) is 6.92 Å². The zero-order valence-electron chi connectivity index (χ0n) is 6.65. The van der Waals surface area contributed by atoms with E-state index in [2.05, 4.69) is 17.6 Å². The van der Waals surface area contributed by atoms with Gasteiger partial charge in [0.1, 0.15) is 0 Å². The first-order chi connectivity index (χ1) is 5.65. The van der Waals surface area contributed by atoms with Crippen LogP contribution in [0.3, 0.4) is 0 Å². The summed E-state index contributed by atoms with van der Waals surface area (Å²) in [4.78, 5) is 23.9. The van der Waals surface area contributed by atoms with Gasteiger partial charge in [0.05, 0.1) is 5.37 Å². The van der Waals surface area contributed by atoms with Gasteiger partial charge >= 0.3 is 5.69 Å². The second-order valence-corrected chi connectivity index (χ2v) is 3.00. The Kier molecular flexibility index (Phi) is 2.75. The minimum Gasteiger partial charge on any atom is -0.288 e. The molecule has 0 saturated heterocycles. The fourth-order valence-electron chi connectivity index (χ4n) is 0.859. The molecule has 0 aliphatic carbocycles. The predicted octanol–water partition coefficient (Wildman–Crippen LogP) is 0.375. The maximum atomic E-state index is 11.1. The van der Waals surface area contributed by atoms with E-state index in [-0.39, 0.29) is 10.9 Å². The third kappa shape index (κ3) is 1.79. The Hall–Kier alpha value is -0.970. The van der Waals surface area contributed by atoms with Crippen molar-refractivity contribution >= 4 is 12.6 Å². The van der Waals surface area contributed by atoms with Gasteiger partial charge < -0.3 is 0 Å². The van der Waals surface area contributed by atoms with Crippen LogP contribution in [-0.4, -0.2) is 9.55 Å². The number of aromatic amines is 1. The molecule has 1 heterocycles. The number of nitrogens with zero attached hydrogens (tertiary/aromatic N) is 1. The van der Waals surface area contributed by atoms with Crippen molar-refractivity contribution in [3.8, 4) is 0 Å². The summed E-state index contributed by atoms with van der Waals surface area (Å²) in [5, 5.41) is -0.172. The Bertz CT molecular complexity index is 368. The third-order valence-electron chi connectivity index (χ3n) is 1.54. The number of H-pyrrole nitrogens is 1. The van der Waals surface area contributed by atoms with Gasteiger partial charge in [0.25, 0.3) is 5.56 Å². The molecule has 0 aliphatic heterocycles. The molecular formula is C7H10N2O2S. The summed E-state index contributed by atoms with van der Waals surface area (Å²) in [6.07, 6.45) is 2.18. The highest BCUT2D eigenvalue weighted by atomic mass is 32.1. The van der Waals surface area contributed by atoms with Crippen molar-refractivity contribution in [3.05, 3.63) is 33.1 Å². The predicted molar refractivity (Wildman–Crippen MR) is 49.6 cm³/mol. The molecule has 4 nitrogen and oxygen atoms in total. The molecule has 0 saturated carbocycles. The highest BCUT2D eigenvalue weighted by Gasteiger charge is 2.03. The van der Waals surface area contributed by atoms with Gasteiger partial charge in [0.2, 0.25) is 0 Å². The first-order valence-electron chi connectivity index (χ1n) is 3.64. The monoisotopic (exact) mass is 186 g/mol. The van der Waals surface area contributed by atoms with Gasteiger partial charge in [0, 0.05) is 12.3 Å². The molecular weight excluding hydrogens is 176 g/mol. The van der Waals surface area contributed by atoms with E-state index in [9.17, 15) is 9.59 Å². The zero-order chi connectivity index (χ0) is 9.14. The summed E-state index contributed by atoms with van der Waals surface area (Å²) >= 11 is 4.16. The summed E-state index contributed by atoms with van der Waals surface area (Å²) in [5.41, 5.74) is -0.794. The smallest absolute Gasteiger partial charge is 0.288 e. The molecule has 66 valence electrons. The molecule has 0 fully saturated rings. The number of hydrogen-bond acceptors (Lipinski definition) is 3. The van der Waals surface area contributed by atoms with Crippen LogP contribution in [0.2, 0.25) is 0 Å². The lowest BCUT2D eigenvalue weighted by atomic mass is 10.4. The topological polar surface area (TPSA) is 54.9 Å². The number of rotatable bonds is 2. The van der Waals surface area contributed by atoms with Crippen molar-refractivity contribution < 1.29 is 0 Å². The van der Waals surface area contributed by atoms with Gasteiger partial charge in [-0.25, -0.2) is 4.79 Å². The highest BCUT2D eigenvalue weighted by molar-refractivity contribution is 7.80. The maximum absolute atomic E-state index is 11.1. The van der Waals surface area contributed by atoms with Crippen molar-refractivity contribution in [3.63, 3.8) is 0 Å². The van der Waals surface area contributed by atoms with Crippen LogP contribution in [0.25, 0.3) is 0 Å². The third-order valence-corrected chi connectivity index (χ3v) is 2.15. The Balaban J connectivity index is 3.19. The molecule has 0 radical (unpaired) electrons. The molecule has 0 amide bonds. The molecule has 1 N–H and O–H groups in total. The van der Waals surface area contributed by atoms with Gasteiger partial charge in [-0.05, 0) is 6.42 Å². The summed E-state index contributed by atoms with van der Waals surface area (Å²) < 4.78 is 1.38. The van der Waals surface area contributed by atoms with E-state index in [0.29, 0.717) is 0 Å². The van der Waals surface area contributed by atoms with Crippen LogP contribution in [0, 0.1) is 0 Å². The number of nitrogens with one attached hydrogen (secondary N) is 1. The summed E-state index contributed by atoms with van der Waals surface area (Å²) in [6, 6.07) is 1.31. The van der Waals surface area contributed by atoms with Gasteiger partial charge in [-0.3, -0.25) is 14.3 Å². The molecule has 1 aromatic rings. The van der Waals surface area contributed by atoms with Crippen molar-refractivity contribution in [2.75, 3.05) is 0 Å². The molecule has 1 rings (SSSR count). The van der Waals surface area contributed by atoms with Gasteiger partial charge in [0.15, 0.2) is 0 Å². The van der Waals surface area contributed by atoms with Crippen LogP contribution in [0.15, 0.2) is 21.9 Å². The van der Waals surface area contributed by atoms with E-state index < -0.39 is 5.69 Å². The van der Waals surface area contributed by atoms with E-state index >= 15 is 0 Å². The normalized spacial score (nSPS) is 12.8. The Labute approximate surface area is 74.7 Å². The van der Waals surface area contributed by atoms with Crippen molar-refractivity contribution in [2.45, 2.75) is 18.7 Å². The molecule has 1 unspecified atom stereocenters. The molecule has 0 spiro atoms. The van der Waals surface area contributed by atoms with Crippen molar-refractivity contribution in [2.24, 2.45) is 0 Å². The number of thiol groups is 1. The van der Waals surface area contributed by atoms with Gasteiger partial charge in [-0.2, -0.15) is 12.6 Å². The summed E-state index contributed by atoms with van der Waals surface area (Å²) in [5.74, 6) is 0. The van der Waals surface area contributed by atoms with E-state index in [1.54, 1.807) is 0 Å². The van der Waals surface area contributed by atoms with E-state index in [0.717, 1.165) is 6.42 Å². The fourth-order valence-corrected chi connectivity index (χ4v) is 1.04. The lowest BCUT2D eigenvalue weighted by Gasteiger charge is -2.09. The van der Waals surface area contributed by atoms with Gasteiger partial charge in [-0.1, -0.05) is 6.92 Å². The number of hydrogen-bond donors (Lipinski definition) is 2. The quantitative estimate of drug-likeness (QED) is 0.656. The average Bonchev–Trinajstić information content (AvgIpc) is 2.03. The first-order valence-corrected chi connectivity index (χ1v) is 4.16. The molecule has 0 aliphatic rings. The SMILES string of the molecule is CCC(S)n1ccc(=O)[nH]c1=O. The largest absolute Gasteiger partial charge is 0.329 e. The van der Waals surface area contributed by atoms with Crippen LogP contribution in [0.4, 0.5) is 0 Å². The highest BCUT2D eigenvalue weighted by Crippen LogP contribution is 2.10. The van der Waals surface area contributed by atoms with Crippen LogP contribution >= 0.6 is 12.6 Å². The van der Waals surface area contributed by atoms with Crippen molar-refractivity contribution in [1.29, 1.82) is 0 Å². The Morgan fingerprint density at radius 1 is 1.67 bits per heavy atom. The minimum absolute atomic E-state index is 0.172. The maximum Gasteiger partial charge on any atom is 0.329 e. The second-order valence-electron chi connectivity index (χ2n) is 2.41. The van der Waals surface area contributed by atoms with Crippen LogP contribution in [0.5, 0.6) is 0 Å². The fraction of sp³-hybridized carbons (Fsp3) is 0.429. The molecule has 12 heavy (non-hydrogen) atoms. The molecule has 0 aromatic carbocycles. The first kappa shape index (κ1) is 9.12.